The molecule has 3 heterocycles. The van der Waals surface area contributed by atoms with Crippen LogP contribution in [0.2, 0.25) is 0 Å². The first-order valence-electron chi connectivity index (χ1n) is 7.98. The van der Waals surface area contributed by atoms with Crippen LogP contribution in [0.5, 0.6) is 0 Å². The van der Waals surface area contributed by atoms with Crippen LogP contribution in [-0.4, -0.2) is 38.7 Å². The third kappa shape index (κ3) is 2.81. The van der Waals surface area contributed by atoms with Crippen LogP contribution in [0.3, 0.4) is 0 Å². The van der Waals surface area contributed by atoms with Gasteiger partial charge in [-0.15, -0.1) is 11.3 Å². The summed E-state index contributed by atoms with van der Waals surface area (Å²) in [6.45, 7) is 1.93. The number of carbonyl (C=O) groups is 1. The molecule has 0 bridgehead atoms. The topological polar surface area (TPSA) is 68.1 Å². The van der Waals surface area contributed by atoms with Gasteiger partial charge >= 0.3 is 0 Å². The van der Waals surface area contributed by atoms with Gasteiger partial charge in [-0.25, -0.2) is 9.67 Å². The SMILES string of the molecule is O=C(c1cscn1)N1CC(Cn2nc3c(cc2=O)CCCC3)C1. The monoisotopic (exact) mass is 330 g/mol. The lowest BCUT2D eigenvalue weighted by Gasteiger charge is -2.38. The van der Waals surface area contributed by atoms with Gasteiger partial charge in [0.15, 0.2) is 0 Å². The molecular weight excluding hydrogens is 312 g/mol. The van der Waals surface area contributed by atoms with Crippen molar-refractivity contribution in [3.63, 3.8) is 0 Å². The first-order valence-corrected chi connectivity index (χ1v) is 8.92. The molecule has 4 rings (SSSR count). The number of fused-ring (bicyclic) bond motifs is 1. The maximum atomic E-state index is 12.2. The van der Waals surface area contributed by atoms with E-state index in [1.807, 2.05) is 0 Å². The molecule has 2 aromatic heterocycles. The highest BCUT2D eigenvalue weighted by Gasteiger charge is 2.32. The van der Waals surface area contributed by atoms with Crippen molar-refractivity contribution in [1.29, 1.82) is 0 Å². The summed E-state index contributed by atoms with van der Waals surface area (Å²) in [4.78, 5) is 30.1. The van der Waals surface area contributed by atoms with E-state index in [1.54, 1.807) is 26.5 Å². The van der Waals surface area contributed by atoms with Crippen molar-refractivity contribution in [2.24, 2.45) is 5.92 Å². The minimum atomic E-state index is -0.0201. The van der Waals surface area contributed by atoms with Gasteiger partial charge in [-0.1, -0.05) is 0 Å². The van der Waals surface area contributed by atoms with Gasteiger partial charge in [-0.2, -0.15) is 5.10 Å². The van der Waals surface area contributed by atoms with Gasteiger partial charge in [0.2, 0.25) is 0 Å². The summed E-state index contributed by atoms with van der Waals surface area (Å²) in [5.74, 6) is 0.276. The number of likely N-dealkylation sites (tertiary alicyclic amines) is 1. The van der Waals surface area contributed by atoms with Crippen LogP contribution in [-0.2, 0) is 19.4 Å². The fourth-order valence-corrected chi connectivity index (χ4v) is 3.83. The van der Waals surface area contributed by atoms with Gasteiger partial charge < -0.3 is 4.90 Å². The Kier molecular flexibility index (Phi) is 3.72. The highest BCUT2D eigenvalue weighted by molar-refractivity contribution is 7.07. The number of aromatic nitrogens is 3. The van der Waals surface area contributed by atoms with Crippen molar-refractivity contribution < 1.29 is 4.79 Å². The molecule has 0 aromatic carbocycles. The van der Waals surface area contributed by atoms with E-state index in [2.05, 4.69) is 10.1 Å². The van der Waals surface area contributed by atoms with Crippen molar-refractivity contribution in [3.05, 3.63) is 44.3 Å². The zero-order chi connectivity index (χ0) is 15.8. The van der Waals surface area contributed by atoms with E-state index in [-0.39, 0.29) is 11.5 Å². The maximum Gasteiger partial charge on any atom is 0.273 e. The Bertz CT molecular complexity index is 778. The Hall–Kier alpha value is -2.02. The Balaban J connectivity index is 1.41. The molecule has 2 aliphatic rings. The van der Waals surface area contributed by atoms with E-state index in [4.69, 9.17) is 0 Å². The normalized spacial score (nSPS) is 17.7. The lowest BCUT2D eigenvalue weighted by atomic mass is 9.96. The highest BCUT2D eigenvalue weighted by atomic mass is 32.1. The van der Waals surface area contributed by atoms with Crippen molar-refractivity contribution in [3.8, 4) is 0 Å². The van der Waals surface area contributed by atoms with Crippen LogP contribution in [0.1, 0.15) is 34.6 Å². The van der Waals surface area contributed by atoms with Crippen LogP contribution in [0.15, 0.2) is 21.8 Å². The maximum absolute atomic E-state index is 12.2. The second kappa shape index (κ2) is 5.88. The van der Waals surface area contributed by atoms with Crippen molar-refractivity contribution in [2.75, 3.05) is 13.1 Å². The van der Waals surface area contributed by atoms with Gasteiger partial charge in [-0.05, 0) is 31.2 Å². The van der Waals surface area contributed by atoms with E-state index < -0.39 is 0 Å². The van der Waals surface area contributed by atoms with E-state index in [9.17, 15) is 9.59 Å². The second-order valence-electron chi connectivity index (χ2n) is 6.29. The molecule has 2 aromatic rings. The Morgan fingerprint density at radius 2 is 2.13 bits per heavy atom. The first-order chi connectivity index (χ1) is 11.2. The van der Waals surface area contributed by atoms with Crippen molar-refractivity contribution >= 4 is 17.2 Å². The summed E-state index contributed by atoms with van der Waals surface area (Å²) >= 11 is 1.42. The second-order valence-corrected chi connectivity index (χ2v) is 7.01. The number of nitrogens with zero attached hydrogens (tertiary/aromatic N) is 4. The highest BCUT2D eigenvalue weighted by Crippen LogP contribution is 2.21. The van der Waals surface area contributed by atoms with E-state index >= 15 is 0 Å². The molecule has 1 fully saturated rings. The smallest absolute Gasteiger partial charge is 0.273 e. The molecular formula is C16H18N4O2S. The Labute approximate surface area is 137 Å². The number of rotatable bonds is 3. The Morgan fingerprint density at radius 1 is 1.30 bits per heavy atom. The quantitative estimate of drug-likeness (QED) is 0.852. The molecule has 0 unspecified atom stereocenters. The fraction of sp³-hybridized carbons (Fsp3) is 0.500. The number of thiazole rings is 1. The number of hydrogen-bond acceptors (Lipinski definition) is 5. The third-order valence-electron chi connectivity index (χ3n) is 4.60. The fourth-order valence-electron chi connectivity index (χ4n) is 3.31. The molecule has 120 valence electrons. The Morgan fingerprint density at radius 3 is 2.91 bits per heavy atom. The minimum Gasteiger partial charge on any atom is -0.336 e. The van der Waals surface area contributed by atoms with Crippen LogP contribution in [0, 0.1) is 5.92 Å². The van der Waals surface area contributed by atoms with Gasteiger partial charge in [0, 0.05) is 30.5 Å². The standard InChI is InChI=1S/C16H18N4O2S/c21-15-5-12-3-1-2-4-13(12)18-20(15)8-11-6-19(7-11)16(22)14-9-23-10-17-14/h5,9-11H,1-4,6-8H2. The summed E-state index contributed by atoms with van der Waals surface area (Å²) < 4.78 is 1.58. The van der Waals surface area contributed by atoms with E-state index in [1.165, 1.54) is 11.3 Å². The molecule has 1 aliphatic heterocycles. The molecule has 23 heavy (non-hydrogen) atoms. The molecule has 0 spiro atoms. The summed E-state index contributed by atoms with van der Waals surface area (Å²) in [5, 5.41) is 6.31. The molecule has 0 atom stereocenters. The average Bonchev–Trinajstić information content (AvgIpc) is 3.04. The van der Waals surface area contributed by atoms with Gasteiger partial charge in [0.05, 0.1) is 17.7 Å². The van der Waals surface area contributed by atoms with Gasteiger partial charge in [0.25, 0.3) is 11.5 Å². The summed E-state index contributed by atoms with van der Waals surface area (Å²) in [6.07, 6.45) is 4.23. The van der Waals surface area contributed by atoms with Crippen LogP contribution >= 0.6 is 11.3 Å². The molecule has 1 saturated heterocycles. The molecule has 1 amide bonds. The lowest BCUT2D eigenvalue weighted by molar-refractivity contribution is 0.0452. The van der Waals surface area contributed by atoms with Gasteiger partial charge in [-0.3, -0.25) is 9.59 Å². The van der Waals surface area contributed by atoms with Gasteiger partial charge in [0.1, 0.15) is 5.69 Å². The molecule has 0 N–H and O–H groups in total. The molecule has 0 saturated carbocycles. The number of aryl methyl sites for hydroxylation is 2. The van der Waals surface area contributed by atoms with Crippen LogP contribution in [0.25, 0.3) is 0 Å². The summed E-state index contributed by atoms with van der Waals surface area (Å²) in [6, 6.07) is 1.75. The number of amides is 1. The zero-order valence-corrected chi connectivity index (χ0v) is 13.6. The summed E-state index contributed by atoms with van der Waals surface area (Å²) in [5.41, 5.74) is 4.35. The van der Waals surface area contributed by atoms with Crippen LogP contribution in [0.4, 0.5) is 0 Å². The molecule has 6 nitrogen and oxygen atoms in total. The largest absolute Gasteiger partial charge is 0.336 e. The predicted octanol–water partition coefficient (Wildman–Crippen LogP) is 1.35. The molecule has 1 aliphatic carbocycles. The average molecular weight is 330 g/mol. The predicted molar refractivity (Wildman–Crippen MR) is 86.6 cm³/mol. The van der Waals surface area contributed by atoms with Crippen molar-refractivity contribution in [2.45, 2.75) is 32.2 Å². The van der Waals surface area contributed by atoms with E-state index in [0.29, 0.717) is 31.2 Å². The third-order valence-corrected chi connectivity index (χ3v) is 5.19. The number of carbonyl (C=O) groups excluding carboxylic acids is 1. The first kappa shape index (κ1) is 14.6. The van der Waals surface area contributed by atoms with Crippen molar-refractivity contribution in [1.82, 2.24) is 19.7 Å². The molecule has 0 radical (unpaired) electrons. The van der Waals surface area contributed by atoms with Crippen LogP contribution < -0.4 is 5.56 Å². The summed E-state index contributed by atoms with van der Waals surface area (Å²) in [7, 11) is 0. The number of hydrogen-bond donors (Lipinski definition) is 0. The molecule has 7 heteroatoms. The lowest BCUT2D eigenvalue weighted by Crippen LogP contribution is -2.52. The zero-order valence-electron chi connectivity index (χ0n) is 12.8. The minimum absolute atomic E-state index is 0.0186. The van der Waals surface area contributed by atoms with E-state index in [0.717, 1.165) is 36.9 Å².